The van der Waals surface area contributed by atoms with Crippen molar-refractivity contribution in [1.82, 2.24) is 4.90 Å². The fraction of sp³-hybridized carbons (Fsp3) is 0.409. The number of piperidine rings is 1. The van der Waals surface area contributed by atoms with Crippen LogP contribution < -0.4 is 10.5 Å². The Labute approximate surface area is 156 Å². The van der Waals surface area contributed by atoms with Crippen molar-refractivity contribution in [2.45, 2.75) is 51.8 Å². The van der Waals surface area contributed by atoms with E-state index in [1.54, 1.807) is 0 Å². The van der Waals surface area contributed by atoms with Gasteiger partial charge in [0.25, 0.3) is 0 Å². The van der Waals surface area contributed by atoms with Crippen molar-refractivity contribution in [3.8, 4) is 5.75 Å². The lowest BCUT2D eigenvalue weighted by Crippen LogP contribution is -2.48. The molecule has 26 heavy (non-hydrogen) atoms. The van der Waals surface area contributed by atoms with Crippen LogP contribution in [0.2, 0.25) is 0 Å². The highest BCUT2D eigenvalue weighted by Crippen LogP contribution is 2.20. The van der Waals surface area contributed by atoms with Crippen molar-refractivity contribution < 1.29 is 9.53 Å². The molecule has 1 saturated heterocycles. The largest absolute Gasteiger partial charge is 0.489 e. The Hall–Kier alpha value is -2.33. The molecule has 1 amide bonds. The van der Waals surface area contributed by atoms with E-state index in [1.165, 1.54) is 11.1 Å². The Balaban J connectivity index is 1.60. The number of carbonyl (C=O) groups excluding carboxylic acids is 1. The van der Waals surface area contributed by atoms with Crippen LogP contribution in [0.4, 0.5) is 0 Å². The predicted octanol–water partition coefficient (Wildman–Crippen LogP) is 3.45. The van der Waals surface area contributed by atoms with Crippen LogP contribution in [-0.4, -0.2) is 29.4 Å². The van der Waals surface area contributed by atoms with E-state index < -0.39 is 0 Å². The molecule has 2 N–H and O–H groups in total. The second kappa shape index (κ2) is 8.37. The smallest absolute Gasteiger partial charge is 0.227 e. The summed E-state index contributed by atoms with van der Waals surface area (Å²) in [4.78, 5) is 14.6. The van der Waals surface area contributed by atoms with Crippen molar-refractivity contribution in [1.29, 1.82) is 0 Å². The summed E-state index contributed by atoms with van der Waals surface area (Å²) in [6, 6.07) is 16.5. The van der Waals surface area contributed by atoms with Gasteiger partial charge in [0.1, 0.15) is 12.4 Å². The molecule has 0 unspecified atom stereocenters. The molecule has 2 aromatic carbocycles. The Morgan fingerprint density at radius 3 is 2.81 bits per heavy atom. The molecule has 1 fully saturated rings. The van der Waals surface area contributed by atoms with Gasteiger partial charge in [0.15, 0.2) is 0 Å². The van der Waals surface area contributed by atoms with Gasteiger partial charge in [-0.15, -0.1) is 0 Å². The van der Waals surface area contributed by atoms with Gasteiger partial charge in [0.05, 0.1) is 6.42 Å². The van der Waals surface area contributed by atoms with Crippen molar-refractivity contribution in [3.63, 3.8) is 0 Å². The zero-order valence-electron chi connectivity index (χ0n) is 15.7. The molecule has 0 aromatic heterocycles. The van der Waals surface area contributed by atoms with Gasteiger partial charge in [-0.3, -0.25) is 4.79 Å². The third-order valence-corrected chi connectivity index (χ3v) is 5.15. The normalized spacial score (nSPS) is 20.0. The average molecular weight is 352 g/mol. The summed E-state index contributed by atoms with van der Waals surface area (Å²) < 4.78 is 5.93. The summed E-state index contributed by atoms with van der Waals surface area (Å²) in [6.07, 6.45) is 2.17. The van der Waals surface area contributed by atoms with Crippen molar-refractivity contribution >= 4 is 5.91 Å². The number of likely N-dealkylation sites (tertiary alicyclic amines) is 1. The molecule has 2 aromatic rings. The SMILES string of the molecule is Cc1ccccc1COc1cccc(CC(=O)N2CC[C@@H](N)C[C@H]2C)c1. The Kier molecular flexibility index (Phi) is 5.94. The molecule has 1 heterocycles. The van der Waals surface area contributed by atoms with Gasteiger partial charge in [0, 0.05) is 18.6 Å². The van der Waals surface area contributed by atoms with Crippen LogP contribution in [0, 0.1) is 6.92 Å². The topological polar surface area (TPSA) is 55.6 Å². The van der Waals surface area contributed by atoms with Gasteiger partial charge in [0.2, 0.25) is 5.91 Å². The van der Waals surface area contributed by atoms with Gasteiger partial charge < -0.3 is 15.4 Å². The van der Waals surface area contributed by atoms with Gasteiger partial charge in [-0.2, -0.15) is 0 Å². The first kappa shape index (κ1) is 18.5. The second-order valence-electron chi connectivity index (χ2n) is 7.26. The molecule has 0 aliphatic carbocycles. The minimum absolute atomic E-state index is 0.167. The van der Waals surface area contributed by atoms with E-state index in [9.17, 15) is 4.79 Å². The molecule has 138 valence electrons. The maximum absolute atomic E-state index is 12.7. The van der Waals surface area contributed by atoms with Crippen LogP contribution >= 0.6 is 0 Å². The molecule has 0 spiro atoms. The molecular weight excluding hydrogens is 324 g/mol. The molecule has 1 aliphatic heterocycles. The number of nitrogens with zero attached hydrogens (tertiary/aromatic N) is 1. The van der Waals surface area contributed by atoms with E-state index in [1.807, 2.05) is 41.3 Å². The number of hydrogen-bond acceptors (Lipinski definition) is 3. The van der Waals surface area contributed by atoms with Gasteiger partial charge in [-0.25, -0.2) is 0 Å². The Morgan fingerprint density at radius 1 is 1.23 bits per heavy atom. The third-order valence-electron chi connectivity index (χ3n) is 5.15. The number of ether oxygens (including phenoxy) is 1. The van der Waals surface area contributed by atoms with Crippen LogP contribution in [0.25, 0.3) is 0 Å². The van der Waals surface area contributed by atoms with Crippen LogP contribution in [0.3, 0.4) is 0 Å². The summed E-state index contributed by atoms with van der Waals surface area (Å²) in [5.41, 5.74) is 9.38. The molecule has 4 nitrogen and oxygen atoms in total. The molecule has 3 rings (SSSR count). The predicted molar refractivity (Wildman–Crippen MR) is 104 cm³/mol. The van der Waals surface area contributed by atoms with Crippen molar-refractivity contribution in [3.05, 3.63) is 65.2 Å². The second-order valence-corrected chi connectivity index (χ2v) is 7.26. The lowest BCUT2D eigenvalue weighted by molar-refractivity contribution is -0.133. The first-order valence-corrected chi connectivity index (χ1v) is 9.34. The van der Waals surface area contributed by atoms with Gasteiger partial charge >= 0.3 is 0 Å². The number of nitrogens with two attached hydrogens (primary N) is 1. The number of carbonyl (C=O) groups is 1. The minimum atomic E-state index is 0.167. The Bertz CT molecular complexity index is 759. The summed E-state index contributed by atoms with van der Waals surface area (Å²) in [5, 5.41) is 0. The highest BCUT2D eigenvalue weighted by atomic mass is 16.5. The quantitative estimate of drug-likeness (QED) is 0.897. The van der Waals surface area contributed by atoms with E-state index in [0.29, 0.717) is 13.0 Å². The van der Waals surface area contributed by atoms with Crippen LogP contribution in [0.15, 0.2) is 48.5 Å². The zero-order valence-corrected chi connectivity index (χ0v) is 15.7. The maximum atomic E-state index is 12.7. The summed E-state index contributed by atoms with van der Waals surface area (Å²) in [7, 11) is 0. The highest BCUT2D eigenvalue weighted by molar-refractivity contribution is 5.79. The van der Waals surface area contributed by atoms with Crippen molar-refractivity contribution in [2.75, 3.05) is 6.54 Å². The number of hydrogen-bond donors (Lipinski definition) is 1. The fourth-order valence-electron chi connectivity index (χ4n) is 3.53. The maximum Gasteiger partial charge on any atom is 0.227 e. The van der Waals surface area contributed by atoms with E-state index >= 15 is 0 Å². The van der Waals surface area contributed by atoms with Crippen LogP contribution in [0.5, 0.6) is 5.75 Å². The third kappa shape index (κ3) is 4.64. The Morgan fingerprint density at radius 2 is 2.04 bits per heavy atom. The monoisotopic (exact) mass is 352 g/mol. The molecule has 0 radical (unpaired) electrons. The van der Waals surface area contributed by atoms with Crippen molar-refractivity contribution in [2.24, 2.45) is 5.73 Å². The van der Waals surface area contributed by atoms with E-state index in [-0.39, 0.29) is 18.0 Å². The number of aryl methyl sites for hydroxylation is 1. The standard InChI is InChI=1S/C22H28N2O2/c1-16-6-3-4-8-19(16)15-26-21-9-5-7-18(13-21)14-22(25)24-11-10-20(23)12-17(24)2/h3-9,13,17,20H,10-12,14-15,23H2,1-2H3/t17-,20-/m1/s1. The molecular formula is C22H28N2O2. The molecule has 2 atom stereocenters. The van der Waals surface area contributed by atoms with E-state index in [4.69, 9.17) is 10.5 Å². The highest BCUT2D eigenvalue weighted by Gasteiger charge is 2.26. The van der Waals surface area contributed by atoms with E-state index in [0.717, 1.165) is 30.7 Å². The number of amides is 1. The molecule has 0 saturated carbocycles. The summed E-state index contributed by atoms with van der Waals surface area (Å²) in [5.74, 6) is 0.965. The van der Waals surface area contributed by atoms with E-state index in [2.05, 4.69) is 26.0 Å². The first-order chi connectivity index (χ1) is 12.5. The number of rotatable bonds is 5. The molecule has 4 heteroatoms. The van der Waals surface area contributed by atoms with Gasteiger partial charge in [-0.05, 0) is 55.5 Å². The number of benzene rings is 2. The lowest BCUT2D eigenvalue weighted by Gasteiger charge is -2.36. The van der Waals surface area contributed by atoms with Gasteiger partial charge in [-0.1, -0.05) is 36.4 Å². The molecule has 0 bridgehead atoms. The first-order valence-electron chi connectivity index (χ1n) is 9.34. The fourth-order valence-corrected chi connectivity index (χ4v) is 3.53. The summed E-state index contributed by atoms with van der Waals surface area (Å²) in [6.45, 7) is 5.45. The van der Waals surface area contributed by atoms with Crippen LogP contribution in [-0.2, 0) is 17.8 Å². The average Bonchev–Trinajstić information content (AvgIpc) is 2.61. The molecule has 1 aliphatic rings. The zero-order chi connectivity index (χ0) is 18.5. The summed E-state index contributed by atoms with van der Waals surface area (Å²) >= 11 is 0. The van der Waals surface area contributed by atoms with Crippen LogP contribution in [0.1, 0.15) is 36.5 Å². The minimum Gasteiger partial charge on any atom is -0.489 e. The lowest BCUT2D eigenvalue weighted by atomic mass is 9.98.